The van der Waals surface area contributed by atoms with Gasteiger partial charge in [0.15, 0.2) is 0 Å². The van der Waals surface area contributed by atoms with Gasteiger partial charge in [-0.1, -0.05) is 0 Å². The minimum absolute atomic E-state index is 0.0341. The van der Waals surface area contributed by atoms with Crippen LogP contribution in [0.2, 0.25) is 0 Å². The lowest BCUT2D eigenvalue weighted by Crippen LogP contribution is -2.27. The van der Waals surface area contributed by atoms with Crippen molar-refractivity contribution in [1.29, 1.82) is 0 Å². The summed E-state index contributed by atoms with van der Waals surface area (Å²) in [7, 11) is 1.87. The van der Waals surface area contributed by atoms with Crippen LogP contribution >= 0.6 is 0 Å². The van der Waals surface area contributed by atoms with Crippen LogP contribution in [-0.2, 0) is 4.79 Å². The van der Waals surface area contributed by atoms with E-state index >= 15 is 0 Å². The number of halogens is 1. The Morgan fingerprint density at radius 2 is 2.00 bits per heavy atom. The molecular formula is C13H19FN2O2. The first kappa shape index (κ1) is 14.4. The SMILES string of the molecule is CNCCCNC(=O)CCOc1ccc(F)cc1. The zero-order valence-electron chi connectivity index (χ0n) is 10.5. The topological polar surface area (TPSA) is 50.4 Å². The normalized spacial score (nSPS) is 10.1. The third-order valence-corrected chi connectivity index (χ3v) is 2.34. The van der Waals surface area contributed by atoms with Gasteiger partial charge in [-0.3, -0.25) is 4.79 Å². The summed E-state index contributed by atoms with van der Waals surface area (Å²) in [5.41, 5.74) is 0. The summed E-state index contributed by atoms with van der Waals surface area (Å²) in [5, 5.41) is 5.80. The van der Waals surface area contributed by atoms with Crippen LogP contribution in [-0.4, -0.2) is 32.7 Å². The molecule has 0 aromatic heterocycles. The Balaban J connectivity index is 2.10. The maximum atomic E-state index is 12.6. The first-order valence-electron chi connectivity index (χ1n) is 6.02. The van der Waals surface area contributed by atoms with E-state index in [-0.39, 0.29) is 11.7 Å². The molecular weight excluding hydrogens is 235 g/mol. The van der Waals surface area contributed by atoms with Crippen molar-refractivity contribution in [1.82, 2.24) is 10.6 Å². The lowest BCUT2D eigenvalue weighted by atomic mass is 10.3. The van der Waals surface area contributed by atoms with Crippen molar-refractivity contribution in [2.24, 2.45) is 0 Å². The minimum atomic E-state index is -0.301. The van der Waals surface area contributed by atoms with E-state index in [1.165, 1.54) is 12.1 Å². The second-order valence-electron chi connectivity index (χ2n) is 3.86. The number of hydrogen-bond acceptors (Lipinski definition) is 3. The van der Waals surface area contributed by atoms with Gasteiger partial charge in [0, 0.05) is 6.54 Å². The molecule has 1 rings (SSSR count). The molecule has 5 heteroatoms. The van der Waals surface area contributed by atoms with Gasteiger partial charge in [0.1, 0.15) is 11.6 Å². The Kier molecular flexibility index (Phi) is 6.79. The number of carbonyl (C=O) groups excluding carboxylic acids is 1. The Morgan fingerprint density at radius 3 is 2.67 bits per heavy atom. The average Bonchev–Trinajstić information content (AvgIpc) is 2.37. The maximum absolute atomic E-state index is 12.6. The fraction of sp³-hybridized carbons (Fsp3) is 0.462. The van der Waals surface area contributed by atoms with Gasteiger partial charge in [0.25, 0.3) is 0 Å². The zero-order valence-corrected chi connectivity index (χ0v) is 10.5. The van der Waals surface area contributed by atoms with E-state index < -0.39 is 0 Å². The first-order valence-corrected chi connectivity index (χ1v) is 6.02. The minimum Gasteiger partial charge on any atom is -0.493 e. The van der Waals surface area contributed by atoms with Crippen LogP contribution in [0, 0.1) is 5.82 Å². The number of benzene rings is 1. The monoisotopic (exact) mass is 254 g/mol. The summed E-state index contributed by atoms with van der Waals surface area (Å²) in [6.45, 7) is 1.84. The molecule has 1 aromatic carbocycles. The van der Waals surface area contributed by atoms with Gasteiger partial charge in [-0.2, -0.15) is 0 Å². The second-order valence-corrected chi connectivity index (χ2v) is 3.86. The fourth-order valence-electron chi connectivity index (χ4n) is 1.37. The zero-order chi connectivity index (χ0) is 13.2. The second kappa shape index (κ2) is 8.47. The predicted molar refractivity (Wildman–Crippen MR) is 68.1 cm³/mol. The number of ether oxygens (including phenoxy) is 1. The lowest BCUT2D eigenvalue weighted by Gasteiger charge is -2.07. The molecule has 0 aliphatic heterocycles. The lowest BCUT2D eigenvalue weighted by molar-refractivity contribution is -0.121. The summed E-state index contributed by atoms with van der Waals surface area (Å²) in [4.78, 5) is 11.4. The van der Waals surface area contributed by atoms with Gasteiger partial charge in [-0.15, -0.1) is 0 Å². The Hall–Kier alpha value is -1.62. The molecule has 100 valence electrons. The van der Waals surface area contributed by atoms with E-state index in [4.69, 9.17) is 4.74 Å². The van der Waals surface area contributed by atoms with Crippen molar-refractivity contribution in [3.05, 3.63) is 30.1 Å². The molecule has 0 saturated heterocycles. The van der Waals surface area contributed by atoms with Crippen LogP contribution in [0.15, 0.2) is 24.3 Å². The smallest absolute Gasteiger partial charge is 0.223 e. The Labute approximate surface area is 107 Å². The van der Waals surface area contributed by atoms with Crippen LogP contribution in [0.3, 0.4) is 0 Å². The number of rotatable bonds is 8. The van der Waals surface area contributed by atoms with Crippen molar-refractivity contribution >= 4 is 5.91 Å². The van der Waals surface area contributed by atoms with E-state index in [1.807, 2.05) is 7.05 Å². The van der Waals surface area contributed by atoms with Crippen molar-refractivity contribution in [3.8, 4) is 5.75 Å². The van der Waals surface area contributed by atoms with Gasteiger partial charge < -0.3 is 15.4 Å². The van der Waals surface area contributed by atoms with Gasteiger partial charge in [-0.25, -0.2) is 4.39 Å². The van der Waals surface area contributed by atoms with Crippen LogP contribution < -0.4 is 15.4 Å². The molecule has 0 spiro atoms. The quantitative estimate of drug-likeness (QED) is 0.688. The summed E-state index contributed by atoms with van der Waals surface area (Å²) >= 11 is 0. The molecule has 4 nitrogen and oxygen atoms in total. The van der Waals surface area contributed by atoms with Crippen molar-refractivity contribution in [2.75, 3.05) is 26.7 Å². The Bertz CT molecular complexity index is 355. The summed E-state index contributed by atoms with van der Waals surface area (Å²) < 4.78 is 17.9. The van der Waals surface area contributed by atoms with E-state index in [0.717, 1.165) is 13.0 Å². The standard InChI is InChI=1S/C13H19FN2O2/c1-15-8-2-9-16-13(17)7-10-18-12-5-3-11(14)4-6-12/h3-6,15H,2,7-10H2,1H3,(H,16,17). The van der Waals surface area contributed by atoms with Crippen LogP contribution in [0.5, 0.6) is 5.75 Å². The fourth-order valence-corrected chi connectivity index (χ4v) is 1.37. The van der Waals surface area contributed by atoms with Crippen LogP contribution in [0.25, 0.3) is 0 Å². The molecule has 0 saturated carbocycles. The third kappa shape index (κ3) is 6.20. The van der Waals surface area contributed by atoms with Crippen molar-refractivity contribution in [2.45, 2.75) is 12.8 Å². The van der Waals surface area contributed by atoms with Crippen molar-refractivity contribution in [3.63, 3.8) is 0 Å². The number of nitrogens with one attached hydrogen (secondary N) is 2. The molecule has 0 aliphatic rings. The molecule has 1 amide bonds. The highest BCUT2D eigenvalue weighted by atomic mass is 19.1. The molecule has 18 heavy (non-hydrogen) atoms. The molecule has 2 N–H and O–H groups in total. The number of amides is 1. The molecule has 0 radical (unpaired) electrons. The highest BCUT2D eigenvalue weighted by Gasteiger charge is 2.01. The summed E-state index contributed by atoms with van der Waals surface area (Å²) in [6.07, 6.45) is 1.21. The molecule has 0 unspecified atom stereocenters. The van der Waals surface area contributed by atoms with Crippen LogP contribution in [0.4, 0.5) is 4.39 Å². The molecule has 1 aromatic rings. The third-order valence-electron chi connectivity index (χ3n) is 2.34. The van der Waals surface area contributed by atoms with E-state index in [1.54, 1.807) is 12.1 Å². The van der Waals surface area contributed by atoms with Crippen molar-refractivity contribution < 1.29 is 13.9 Å². The molecule has 0 bridgehead atoms. The number of hydrogen-bond donors (Lipinski definition) is 2. The van der Waals surface area contributed by atoms with Gasteiger partial charge >= 0.3 is 0 Å². The van der Waals surface area contributed by atoms with E-state index in [9.17, 15) is 9.18 Å². The molecule has 0 atom stereocenters. The largest absolute Gasteiger partial charge is 0.493 e. The van der Waals surface area contributed by atoms with Gasteiger partial charge in [0.05, 0.1) is 13.0 Å². The predicted octanol–water partition coefficient (Wildman–Crippen LogP) is 1.32. The van der Waals surface area contributed by atoms with E-state index in [0.29, 0.717) is 25.3 Å². The molecule has 0 fully saturated rings. The van der Waals surface area contributed by atoms with E-state index in [2.05, 4.69) is 10.6 Å². The van der Waals surface area contributed by atoms with Gasteiger partial charge in [-0.05, 0) is 44.3 Å². The highest BCUT2D eigenvalue weighted by Crippen LogP contribution is 2.10. The summed E-state index contributed by atoms with van der Waals surface area (Å²) in [5.74, 6) is 0.234. The maximum Gasteiger partial charge on any atom is 0.223 e. The summed E-state index contributed by atoms with van der Waals surface area (Å²) in [6, 6.07) is 5.74. The average molecular weight is 254 g/mol. The van der Waals surface area contributed by atoms with Crippen LogP contribution in [0.1, 0.15) is 12.8 Å². The molecule has 0 aliphatic carbocycles. The Morgan fingerprint density at radius 1 is 1.28 bits per heavy atom. The molecule has 0 heterocycles. The van der Waals surface area contributed by atoms with Gasteiger partial charge in [0.2, 0.25) is 5.91 Å². The number of carbonyl (C=O) groups is 1. The highest BCUT2D eigenvalue weighted by molar-refractivity contribution is 5.75. The first-order chi connectivity index (χ1) is 8.72.